The van der Waals surface area contributed by atoms with Crippen molar-refractivity contribution in [2.24, 2.45) is 0 Å². The van der Waals surface area contributed by atoms with Crippen LogP contribution in [0.1, 0.15) is 122 Å². The number of aryl methyl sites for hydroxylation is 4. The molecule has 2 aliphatic heterocycles. The van der Waals surface area contributed by atoms with E-state index in [1.54, 1.807) is 0 Å². The number of H-pyrrole nitrogens is 2. The molecule has 0 saturated carbocycles. The van der Waals surface area contributed by atoms with E-state index in [-0.39, 0.29) is 11.8 Å². The Kier molecular flexibility index (Phi) is 7.71. The Balaban J connectivity index is 1.75. The number of hydrogen-bond acceptors (Lipinski definition) is 2. The van der Waals surface area contributed by atoms with E-state index in [1.807, 2.05) is 0 Å². The molecule has 0 aromatic carbocycles. The normalized spacial score (nSPS) is 16.3. The van der Waals surface area contributed by atoms with Crippen LogP contribution in [0.5, 0.6) is 0 Å². The molecule has 0 spiro atoms. The van der Waals surface area contributed by atoms with E-state index in [0.29, 0.717) is 0 Å². The standard InChI is InChI=1S/C42H46N4/c1-9-29-23(5)39-37(27-17-13-14-18-27)40-25(7)31(11-3)35(45-40)22-36-32(12-4)26(8)42(46-36)38(28-19-15-16-20-28)41-24(6)30(10-2)34(44-41)21-33(29)43-39/h13-22,27-28,43,45H,9-12H2,1-8H3. The lowest BCUT2D eigenvalue weighted by Gasteiger charge is -2.13. The van der Waals surface area contributed by atoms with Crippen molar-refractivity contribution in [2.45, 2.75) is 92.9 Å². The van der Waals surface area contributed by atoms with Gasteiger partial charge in [-0.05, 0) is 110 Å². The third-order valence-corrected chi connectivity index (χ3v) is 10.7. The van der Waals surface area contributed by atoms with Crippen LogP contribution in [0, 0.1) is 13.8 Å². The van der Waals surface area contributed by atoms with Crippen LogP contribution < -0.4 is 0 Å². The van der Waals surface area contributed by atoms with Gasteiger partial charge in [-0.15, -0.1) is 0 Å². The zero-order valence-electron chi connectivity index (χ0n) is 28.7. The molecule has 4 aliphatic rings. The lowest BCUT2D eigenvalue weighted by atomic mass is 9.90. The first-order chi connectivity index (χ1) is 22.3. The van der Waals surface area contributed by atoms with Crippen molar-refractivity contribution in [3.63, 3.8) is 0 Å². The second kappa shape index (κ2) is 11.7. The highest BCUT2D eigenvalue weighted by molar-refractivity contribution is 5.97. The molecular formula is C42H46N4. The molecule has 2 aliphatic carbocycles. The molecule has 0 saturated heterocycles. The van der Waals surface area contributed by atoms with E-state index < -0.39 is 0 Å². The minimum atomic E-state index is 0.136. The zero-order valence-corrected chi connectivity index (χ0v) is 28.7. The smallest absolute Gasteiger partial charge is 0.0732 e. The third kappa shape index (κ3) is 4.56. The van der Waals surface area contributed by atoms with Crippen LogP contribution >= 0.6 is 0 Å². The first-order valence-electron chi connectivity index (χ1n) is 17.2. The van der Waals surface area contributed by atoms with Gasteiger partial charge in [-0.1, -0.05) is 76.3 Å². The number of aromatic nitrogens is 4. The van der Waals surface area contributed by atoms with Crippen LogP contribution in [-0.2, 0) is 12.8 Å². The van der Waals surface area contributed by atoms with Gasteiger partial charge in [-0.3, -0.25) is 0 Å². The Bertz CT molecular complexity index is 1990. The zero-order chi connectivity index (χ0) is 32.3. The van der Waals surface area contributed by atoms with E-state index >= 15 is 0 Å². The third-order valence-electron chi connectivity index (χ3n) is 10.7. The molecule has 0 radical (unpaired) electrons. The van der Waals surface area contributed by atoms with Crippen LogP contribution in [-0.4, -0.2) is 19.9 Å². The van der Waals surface area contributed by atoms with Crippen LogP contribution in [0.25, 0.3) is 44.4 Å². The number of nitrogens with zero attached hydrogens (tertiary/aromatic N) is 2. The number of nitrogens with one attached hydrogen (secondary N) is 2. The summed E-state index contributed by atoms with van der Waals surface area (Å²) >= 11 is 0. The molecule has 4 nitrogen and oxygen atoms in total. The summed E-state index contributed by atoms with van der Waals surface area (Å²) in [6.45, 7) is 18.1. The highest BCUT2D eigenvalue weighted by Crippen LogP contribution is 2.44. The summed E-state index contributed by atoms with van der Waals surface area (Å²) in [5.41, 5.74) is 22.1. The second-order valence-corrected chi connectivity index (χ2v) is 13.1. The van der Waals surface area contributed by atoms with E-state index in [2.05, 4.69) is 126 Å². The summed E-state index contributed by atoms with van der Waals surface area (Å²) in [6, 6.07) is 4.64. The highest BCUT2D eigenvalue weighted by Gasteiger charge is 2.28. The maximum absolute atomic E-state index is 5.49. The average molecular weight is 607 g/mol. The maximum Gasteiger partial charge on any atom is 0.0732 e. The maximum atomic E-state index is 5.49. The summed E-state index contributed by atoms with van der Waals surface area (Å²) in [5.74, 6) is 0.319. The topological polar surface area (TPSA) is 57.4 Å². The van der Waals surface area contributed by atoms with Crippen molar-refractivity contribution in [1.82, 2.24) is 19.9 Å². The first kappa shape index (κ1) is 30.2. The Hall–Kier alpha value is -4.44. The molecular weight excluding hydrogens is 560 g/mol. The number of fused-ring (bicyclic) bond motifs is 8. The summed E-state index contributed by atoms with van der Waals surface area (Å²) in [6.07, 6.45) is 21.6. The fraction of sp³-hybridized carbons (Fsp3) is 0.333. The molecule has 0 fully saturated rings. The number of aromatic amines is 2. The van der Waals surface area contributed by atoms with Gasteiger partial charge >= 0.3 is 0 Å². The van der Waals surface area contributed by atoms with Gasteiger partial charge in [0.15, 0.2) is 0 Å². The van der Waals surface area contributed by atoms with Crippen molar-refractivity contribution in [3.8, 4) is 0 Å². The van der Waals surface area contributed by atoms with Gasteiger partial charge < -0.3 is 9.97 Å². The Morgan fingerprint density at radius 3 is 1.30 bits per heavy atom. The van der Waals surface area contributed by atoms with Gasteiger partial charge in [-0.2, -0.15) is 0 Å². The van der Waals surface area contributed by atoms with Crippen LogP contribution in [0.2, 0.25) is 0 Å². The van der Waals surface area contributed by atoms with Crippen molar-refractivity contribution >= 4 is 44.4 Å². The van der Waals surface area contributed by atoms with E-state index in [0.717, 1.165) is 59.5 Å². The molecule has 7 rings (SSSR count). The molecule has 2 N–H and O–H groups in total. The average Bonchev–Trinajstić information content (AvgIpc) is 3.89. The summed E-state index contributed by atoms with van der Waals surface area (Å²) in [5, 5.41) is 0. The predicted octanol–water partition coefficient (Wildman–Crippen LogP) is 11.2. The molecule has 46 heavy (non-hydrogen) atoms. The van der Waals surface area contributed by atoms with Gasteiger partial charge in [0.2, 0.25) is 0 Å². The number of rotatable bonds is 6. The Labute approximate surface area is 273 Å². The monoisotopic (exact) mass is 606 g/mol. The lowest BCUT2D eigenvalue weighted by Crippen LogP contribution is -2.01. The van der Waals surface area contributed by atoms with Gasteiger partial charge in [-0.25, -0.2) is 9.97 Å². The molecule has 4 heteroatoms. The van der Waals surface area contributed by atoms with Gasteiger partial charge in [0.1, 0.15) is 0 Å². The van der Waals surface area contributed by atoms with Gasteiger partial charge in [0.05, 0.1) is 22.8 Å². The molecule has 3 aromatic rings. The van der Waals surface area contributed by atoms with Crippen molar-refractivity contribution in [1.29, 1.82) is 0 Å². The highest BCUT2D eigenvalue weighted by atomic mass is 14.8. The Morgan fingerprint density at radius 2 is 0.935 bits per heavy atom. The minimum absolute atomic E-state index is 0.136. The van der Waals surface area contributed by atoms with Crippen molar-refractivity contribution in [3.05, 3.63) is 117 Å². The van der Waals surface area contributed by atoms with Crippen molar-refractivity contribution in [2.75, 3.05) is 0 Å². The van der Waals surface area contributed by atoms with Gasteiger partial charge in [0.25, 0.3) is 0 Å². The Morgan fingerprint density at radius 1 is 0.543 bits per heavy atom. The fourth-order valence-corrected chi connectivity index (χ4v) is 8.29. The molecule has 0 amide bonds. The van der Waals surface area contributed by atoms with Gasteiger partial charge in [0, 0.05) is 45.0 Å². The SMILES string of the molecule is CCC1=C(C)c2nc1cc1[nH]c(c(C)c1CC)c(C1C=CC=C1)c1[nH]c(cc3nc(c2C2C=CC=C2)C(C)=C3CC)c(CC)c1C. The first-order valence-corrected chi connectivity index (χ1v) is 17.2. The second-order valence-electron chi connectivity index (χ2n) is 13.1. The predicted molar refractivity (Wildman–Crippen MR) is 197 cm³/mol. The summed E-state index contributed by atoms with van der Waals surface area (Å²) in [7, 11) is 0. The summed E-state index contributed by atoms with van der Waals surface area (Å²) in [4.78, 5) is 18.9. The van der Waals surface area contributed by atoms with Crippen LogP contribution in [0.4, 0.5) is 0 Å². The van der Waals surface area contributed by atoms with Crippen molar-refractivity contribution < 1.29 is 0 Å². The number of allylic oxidation sites excluding steroid dienone is 12. The molecule has 5 heterocycles. The largest absolute Gasteiger partial charge is 0.355 e. The molecule has 8 bridgehead atoms. The minimum Gasteiger partial charge on any atom is -0.355 e. The van der Waals surface area contributed by atoms with E-state index in [4.69, 9.17) is 9.97 Å². The van der Waals surface area contributed by atoms with E-state index in [9.17, 15) is 0 Å². The molecule has 234 valence electrons. The lowest BCUT2D eigenvalue weighted by molar-refractivity contribution is 1.04. The van der Waals surface area contributed by atoms with Crippen LogP contribution in [0.15, 0.2) is 60.7 Å². The quantitative estimate of drug-likeness (QED) is 0.293. The van der Waals surface area contributed by atoms with E-state index in [1.165, 1.54) is 66.7 Å². The van der Waals surface area contributed by atoms with Crippen LogP contribution in [0.3, 0.4) is 0 Å². The molecule has 3 aromatic heterocycles. The fourth-order valence-electron chi connectivity index (χ4n) is 8.29. The number of hydrogen-bond donors (Lipinski definition) is 2. The molecule has 0 atom stereocenters. The molecule has 0 unspecified atom stereocenters. The summed E-state index contributed by atoms with van der Waals surface area (Å²) < 4.78 is 0.